The van der Waals surface area contributed by atoms with Crippen LogP contribution in [0.25, 0.3) is 0 Å². The normalized spacial score (nSPS) is 11.7. The Morgan fingerprint density at radius 1 is 1.47 bits per heavy atom. The van der Waals surface area contributed by atoms with E-state index in [9.17, 15) is 4.79 Å². The molecule has 0 saturated carbocycles. The number of nitrogens with one attached hydrogen (secondary N) is 2. The molecule has 0 aliphatic carbocycles. The SMILES string of the molecule is CCN[C@H](C)CNC(=O)CCCc1nc(C)no1.Cl. The number of aryl methyl sites for hydroxylation is 2. The maximum Gasteiger partial charge on any atom is 0.226 e. The standard InChI is InChI=1S/C12H22N4O2.ClH/c1-4-13-9(2)8-14-11(17)6-5-7-12-15-10(3)16-18-12;/h9,13H,4-8H2,1-3H3,(H,14,17);1H/t9-;/m1./s1. The first-order chi connectivity index (χ1) is 8.61. The third-order valence-corrected chi connectivity index (χ3v) is 2.52. The van der Waals surface area contributed by atoms with Gasteiger partial charge in [0.2, 0.25) is 11.8 Å². The van der Waals surface area contributed by atoms with E-state index in [1.807, 2.05) is 13.8 Å². The van der Waals surface area contributed by atoms with Crippen LogP contribution in [0.3, 0.4) is 0 Å². The van der Waals surface area contributed by atoms with Crippen molar-refractivity contribution in [2.24, 2.45) is 0 Å². The first kappa shape index (κ1) is 17.9. The molecule has 1 amide bonds. The molecule has 1 aromatic rings. The summed E-state index contributed by atoms with van der Waals surface area (Å²) in [6, 6.07) is 0.303. The van der Waals surface area contributed by atoms with E-state index >= 15 is 0 Å². The molecular formula is C12H23ClN4O2. The van der Waals surface area contributed by atoms with Crippen molar-refractivity contribution in [3.8, 4) is 0 Å². The van der Waals surface area contributed by atoms with Crippen LogP contribution >= 0.6 is 12.4 Å². The Kier molecular flexibility index (Phi) is 9.16. The second kappa shape index (κ2) is 9.75. The van der Waals surface area contributed by atoms with E-state index in [1.54, 1.807) is 6.92 Å². The summed E-state index contributed by atoms with van der Waals surface area (Å²) >= 11 is 0. The molecule has 0 aromatic carbocycles. The smallest absolute Gasteiger partial charge is 0.226 e. The van der Waals surface area contributed by atoms with Crippen LogP contribution in [0.1, 0.15) is 38.4 Å². The van der Waals surface area contributed by atoms with E-state index in [4.69, 9.17) is 4.52 Å². The number of halogens is 1. The summed E-state index contributed by atoms with van der Waals surface area (Å²) in [7, 11) is 0. The molecule has 7 heteroatoms. The van der Waals surface area contributed by atoms with Gasteiger partial charge in [-0.25, -0.2) is 0 Å². The molecule has 6 nitrogen and oxygen atoms in total. The first-order valence-electron chi connectivity index (χ1n) is 6.41. The molecule has 1 aromatic heterocycles. The predicted octanol–water partition coefficient (Wildman–Crippen LogP) is 1.24. The number of carbonyl (C=O) groups excluding carboxylic acids is 1. The highest BCUT2D eigenvalue weighted by Gasteiger charge is 2.06. The van der Waals surface area contributed by atoms with Crippen molar-refractivity contribution in [2.75, 3.05) is 13.1 Å². The third kappa shape index (κ3) is 7.79. The van der Waals surface area contributed by atoms with Gasteiger partial charge in [-0.2, -0.15) is 4.98 Å². The number of carbonyl (C=O) groups is 1. The molecule has 0 unspecified atom stereocenters. The topological polar surface area (TPSA) is 80.0 Å². The lowest BCUT2D eigenvalue weighted by atomic mass is 10.2. The summed E-state index contributed by atoms with van der Waals surface area (Å²) in [5, 5.41) is 9.83. The lowest BCUT2D eigenvalue weighted by Crippen LogP contribution is -2.38. The van der Waals surface area contributed by atoms with Gasteiger partial charge in [-0.3, -0.25) is 4.79 Å². The average Bonchev–Trinajstić information content (AvgIpc) is 2.73. The van der Waals surface area contributed by atoms with Gasteiger partial charge in [0.1, 0.15) is 0 Å². The second-order valence-electron chi connectivity index (χ2n) is 4.35. The van der Waals surface area contributed by atoms with Crippen LogP contribution in [0.15, 0.2) is 4.52 Å². The van der Waals surface area contributed by atoms with Crippen LogP contribution in [-0.2, 0) is 11.2 Å². The zero-order valence-electron chi connectivity index (χ0n) is 11.7. The summed E-state index contributed by atoms with van der Waals surface area (Å²) in [5.74, 6) is 1.30. The molecular weight excluding hydrogens is 268 g/mol. The number of rotatable bonds is 8. The van der Waals surface area contributed by atoms with Gasteiger partial charge in [-0.05, 0) is 26.8 Å². The highest BCUT2D eigenvalue weighted by Crippen LogP contribution is 2.02. The Hall–Kier alpha value is -1.14. The number of nitrogens with zero attached hydrogens (tertiary/aromatic N) is 2. The zero-order valence-corrected chi connectivity index (χ0v) is 12.5. The van der Waals surface area contributed by atoms with Gasteiger partial charge < -0.3 is 15.2 Å². The van der Waals surface area contributed by atoms with E-state index in [0.29, 0.717) is 37.1 Å². The minimum absolute atomic E-state index is 0. The van der Waals surface area contributed by atoms with Crippen molar-refractivity contribution in [2.45, 2.75) is 46.1 Å². The molecule has 19 heavy (non-hydrogen) atoms. The molecule has 0 fully saturated rings. The number of aromatic nitrogens is 2. The number of hydrogen-bond donors (Lipinski definition) is 2. The molecule has 0 saturated heterocycles. The van der Waals surface area contributed by atoms with Crippen molar-refractivity contribution in [3.05, 3.63) is 11.7 Å². The minimum atomic E-state index is 0. The fraction of sp³-hybridized carbons (Fsp3) is 0.750. The maximum atomic E-state index is 11.5. The van der Waals surface area contributed by atoms with Crippen molar-refractivity contribution < 1.29 is 9.32 Å². The molecule has 1 atom stereocenters. The fourth-order valence-electron chi connectivity index (χ4n) is 1.62. The van der Waals surface area contributed by atoms with Gasteiger partial charge in [-0.1, -0.05) is 12.1 Å². The first-order valence-corrected chi connectivity index (χ1v) is 6.41. The average molecular weight is 291 g/mol. The lowest BCUT2D eigenvalue weighted by Gasteiger charge is -2.12. The van der Waals surface area contributed by atoms with Crippen molar-refractivity contribution >= 4 is 18.3 Å². The summed E-state index contributed by atoms with van der Waals surface area (Å²) in [6.45, 7) is 7.44. The van der Waals surface area contributed by atoms with E-state index in [1.165, 1.54) is 0 Å². The van der Waals surface area contributed by atoms with Crippen LogP contribution in [0.2, 0.25) is 0 Å². The van der Waals surface area contributed by atoms with E-state index in [-0.39, 0.29) is 18.3 Å². The van der Waals surface area contributed by atoms with Crippen LogP contribution in [-0.4, -0.2) is 35.2 Å². The summed E-state index contributed by atoms with van der Waals surface area (Å²) in [6.07, 6.45) is 1.86. The molecule has 110 valence electrons. The maximum absolute atomic E-state index is 11.5. The zero-order chi connectivity index (χ0) is 13.4. The van der Waals surface area contributed by atoms with Crippen LogP contribution < -0.4 is 10.6 Å². The molecule has 2 N–H and O–H groups in total. The van der Waals surface area contributed by atoms with Crippen molar-refractivity contribution in [1.82, 2.24) is 20.8 Å². The summed E-state index contributed by atoms with van der Waals surface area (Å²) in [5.41, 5.74) is 0. The molecule has 0 spiro atoms. The Morgan fingerprint density at radius 2 is 2.21 bits per heavy atom. The van der Waals surface area contributed by atoms with Gasteiger partial charge in [0.25, 0.3) is 0 Å². The monoisotopic (exact) mass is 290 g/mol. The quantitative estimate of drug-likeness (QED) is 0.753. The van der Waals surface area contributed by atoms with Crippen molar-refractivity contribution in [3.63, 3.8) is 0 Å². The number of likely N-dealkylation sites (N-methyl/N-ethyl adjacent to an activating group) is 1. The van der Waals surface area contributed by atoms with Crippen LogP contribution in [0, 0.1) is 6.92 Å². The molecule has 0 aliphatic heterocycles. The van der Waals surface area contributed by atoms with E-state index in [0.717, 1.165) is 13.0 Å². The lowest BCUT2D eigenvalue weighted by molar-refractivity contribution is -0.121. The molecule has 1 heterocycles. The molecule has 0 radical (unpaired) electrons. The molecule has 0 bridgehead atoms. The predicted molar refractivity (Wildman–Crippen MR) is 75.4 cm³/mol. The number of hydrogen-bond acceptors (Lipinski definition) is 5. The van der Waals surface area contributed by atoms with E-state index in [2.05, 4.69) is 20.8 Å². The highest BCUT2D eigenvalue weighted by molar-refractivity contribution is 5.85. The molecule has 1 rings (SSSR count). The highest BCUT2D eigenvalue weighted by atomic mass is 35.5. The summed E-state index contributed by atoms with van der Waals surface area (Å²) in [4.78, 5) is 15.6. The minimum Gasteiger partial charge on any atom is -0.355 e. The van der Waals surface area contributed by atoms with E-state index < -0.39 is 0 Å². The van der Waals surface area contributed by atoms with Gasteiger partial charge in [0, 0.05) is 25.4 Å². The Balaban J connectivity index is 0.00000324. The third-order valence-electron chi connectivity index (χ3n) is 2.52. The Bertz CT molecular complexity index is 370. The largest absolute Gasteiger partial charge is 0.355 e. The second-order valence-corrected chi connectivity index (χ2v) is 4.35. The van der Waals surface area contributed by atoms with Gasteiger partial charge in [0.05, 0.1) is 0 Å². The van der Waals surface area contributed by atoms with Crippen molar-refractivity contribution in [1.29, 1.82) is 0 Å². The van der Waals surface area contributed by atoms with Gasteiger partial charge >= 0.3 is 0 Å². The molecule has 0 aliphatic rings. The van der Waals surface area contributed by atoms with Gasteiger partial charge in [0.15, 0.2) is 5.82 Å². The summed E-state index contributed by atoms with van der Waals surface area (Å²) < 4.78 is 4.97. The van der Waals surface area contributed by atoms with Gasteiger partial charge in [-0.15, -0.1) is 12.4 Å². The Labute approximate surface area is 120 Å². The fourth-order valence-corrected chi connectivity index (χ4v) is 1.62. The van der Waals surface area contributed by atoms with Crippen LogP contribution in [0.5, 0.6) is 0 Å². The Morgan fingerprint density at radius 3 is 2.79 bits per heavy atom. The van der Waals surface area contributed by atoms with Crippen LogP contribution in [0.4, 0.5) is 0 Å². The number of amides is 1.